The third kappa shape index (κ3) is 3.50. The van der Waals surface area contributed by atoms with Crippen LogP contribution in [0, 0.1) is 0 Å². The van der Waals surface area contributed by atoms with Crippen LogP contribution in [0.3, 0.4) is 0 Å². The second kappa shape index (κ2) is 6.85. The Morgan fingerprint density at radius 1 is 1.10 bits per heavy atom. The van der Waals surface area contributed by atoms with Gasteiger partial charge in [-0.1, -0.05) is 11.6 Å². The van der Waals surface area contributed by atoms with Gasteiger partial charge in [-0.2, -0.15) is 0 Å². The first-order valence-corrected chi connectivity index (χ1v) is 7.23. The Labute approximate surface area is 127 Å². The lowest BCUT2D eigenvalue weighted by atomic mass is 9.95. The van der Waals surface area contributed by atoms with Crippen LogP contribution in [-0.4, -0.2) is 45.9 Å². The van der Waals surface area contributed by atoms with Crippen LogP contribution in [0.15, 0.2) is 23.8 Å². The molecule has 0 aliphatic carbocycles. The van der Waals surface area contributed by atoms with E-state index < -0.39 is 0 Å². The van der Waals surface area contributed by atoms with Crippen molar-refractivity contribution in [2.24, 2.45) is 0 Å². The third-order valence-electron chi connectivity index (χ3n) is 4.10. The number of likely N-dealkylation sites (N-methyl/N-ethyl adjacent to an activating group) is 1. The van der Waals surface area contributed by atoms with E-state index in [-0.39, 0.29) is 0 Å². The molecule has 4 nitrogen and oxygen atoms in total. The Morgan fingerprint density at radius 2 is 1.71 bits per heavy atom. The molecular formula is C17H25NO3. The molecule has 116 valence electrons. The molecule has 0 amide bonds. The highest BCUT2D eigenvalue weighted by Crippen LogP contribution is 2.38. The van der Waals surface area contributed by atoms with E-state index in [1.165, 1.54) is 11.1 Å². The van der Waals surface area contributed by atoms with Crippen molar-refractivity contribution < 1.29 is 14.2 Å². The molecule has 0 N–H and O–H groups in total. The number of rotatable bonds is 5. The molecule has 0 spiro atoms. The van der Waals surface area contributed by atoms with Crippen LogP contribution in [0.4, 0.5) is 0 Å². The zero-order valence-corrected chi connectivity index (χ0v) is 13.6. The summed E-state index contributed by atoms with van der Waals surface area (Å²) in [6, 6.07) is 4.60. The average Bonchev–Trinajstić information content (AvgIpc) is 2.49. The minimum Gasteiger partial charge on any atom is -0.493 e. The van der Waals surface area contributed by atoms with Gasteiger partial charge < -0.3 is 14.2 Å². The largest absolute Gasteiger partial charge is 0.493 e. The van der Waals surface area contributed by atoms with Gasteiger partial charge in [0, 0.05) is 12.6 Å². The summed E-state index contributed by atoms with van der Waals surface area (Å²) < 4.78 is 16.2. The van der Waals surface area contributed by atoms with Gasteiger partial charge in [0.25, 0.3) is 0 Å². The summed E-state index contributed by atoms with van der Waals surface area (Å²) in [4.78, 5) is 2.39. The average molecular weight is 291 g/mol. The monoisotopic (exact) mass is 291 g/mol. The van der Waals surface area contributed by atoms with Crippen LogP contribution >= 0.6 is 0 Å². The molecule has 2 rings (SSSR count). The number of benzene rings is 1. The fourth-order valence-corrected chi connectivity index (χ4v) is 2.81. The lowest BCUT2D eigenvalue weighted by Gasteiger charge is -2.31. The van der Waals surface area contributed by atoms with E-state index in [4.69, 9.17) is 14.2 Å². The van der Waals surface area contributed by atoms with Crippen molar-refractivity contribution in [1.29, 1.82) is 0 Å². The van der Waals surface area contributed by atoms with Gasteiger partial charge in [0.2, 0.25) is 5.75 Å². The van der Waals surface area contributed by atoms with Gasteiger partial charge in [-0.15, -0.1) is 0 Å². The SMILES string of the molecule is COc1cc(CC2CC(C)=CCN2C)cc(OC)c1OC. The molecule has 1 aliphatic heterocycles. The minimum absolute atomic E-state index is 0.512. The second-order valence-corrected chi connectivity index (χ2v) is 5.59. The predicted molar refractivity (Wildman–Crippen MR) is 84.6 cm³/mol. The molecule has 1 unspecified atom stereocenters. The van der Waals surface area contributed by atoms with Crippen LogP contribution in [0.2, 0.25) is 0 Å². The number of hydrogen-bond donors (Lipinski definition) is 0. The highest BCUT2D eigenvalue weighted by Gasteiger charge is 2.21. The Balaban J connectivity index is 2.26. The summed E-state index contributed by atoms with van der Waals surface area (Å²) in [5.41, 5.74) is 2.67. The molecule has 1 aromatic carbocycles. The van der Waals surface area contributed by atoms with Crippen molar-refractivity contribution >= 4 is 0 Å². The van der Waals surface area contributed by atoms with E-state index in [1.807, 2.05) is 12.1 Å². The zero-order valence-electron chi connectivity index (χ0n) is 13.6. The van der Waals surface area contributed by atoms with Crippen LogP contribution in [0.1, 0.15) is 18.9 Å². The maximum Gasteiger partial charge on any atom is 0.203 e. The number of methoxy groups -OCH3 is 3. The molecule has 0 fully saturated rings. The summed E-state index contributed by atoms with van der Waals surface area (Å²) in [5, 5.41) is 0. The fourth-order valence-electron chi connectivity index (χ4n) is 2.81. The van der Waals surface area contributed by atoms with Gasteiger partial charge in [0.05, 0.1) is 21.3 Å². The normalized spacial score (nSPS) is 19.1. The Hall–Kier alpha value is -1.68. The first-order chi connectivity index (χ1) is 10.1. The molecule has 0 bridgehead atoms. The maximum atomic E-state index is 5.43. The van der Waals surface area contributed by atoms with E-state index in [0.717, 1.165) is 30.9 Å². The van der Waals surface area contributed by atoms with E-state index in [1.54, 1.807) is 21.3 Å². The molecule has 0 aromatic heterocycles. The molecule has 0 radical (unpaired) electrons. The van der Waals surface area contributed by atoms with Gasteiger partial charge in [-0.25, -0.2) is 0 Å². The van der Waals surface area contributed by atoms with Crippen molar-refractivity contribution in [1.82, 2.24) is 4.90 Å². The molecule has 1 atom stereocenters. The smallest absolute Gasteiger partial charge is 0.203 e. The lowest BCUT2D eigenvalue weighted by molar-refractivity contribution is 0.248. The number of ether oxygens (including phenoxy) is 3. The van der Waals surface area contributed by atoms with Crippen molar-refractivity contribution in [3.63, 3.8) is 0 Å². The highest BCUT2D eigenvalue weighted by atomic mass is 16.5. The van der Waals surface area contributed by atoms with Gasteiger partial charge >= 0.3 is 0 Å². The second-order valence-electron chi connectivity index (χ2n) is 5.59. The number of hydrogen-bond acceptors (Lipinski definition) is 4. The van der Waals surface area contributed by atoms with E-state index in [0.29, 0.717) is 11.8 Å². The summed E-state index contributed by atoms with van der Waals surface area (Å²) in [6.45, 7) is 3.22. The summed E-state index contributed by atoms with van der Waals surface area (Å²) in [6.07, 6.45) is 4.37. The fraction of sp³-hybridized carbons (Fsp3) is 0.529. The van der Waals surface area contributed by atoms with Gasteiger partial charge in [0.15, 0.2) is 11.5 Å². The summed E-state index contributed by atoms with van der Waals surface area (Å²) in [5.74, 6) is 2.09. The first-order valence-electron chi connectivity index (χ1n) is 7.23. The minimum atomic E-state index is 0.512. The van der Waals surface area contributed by atoms with Crippen LogP contribution < -0.4 is 14.2 Å². The van der Waals surface area contributed by atoms with Crippen molar-refractivity contribution in [2.45, 2.75) is 25.8 Å². The molecule has 1 aliphatic rings. The number of nitrogens with zero attached hydrogens (tertiary/aromatic N) is 1. The van der Waals surface area contributed by atoms with Crippen molar-refractivity contribution in [2.75, 3.05) is 34.9 Å². The van der Waals surface area contributed by atoms with E-state index >= 15 is 0 Å². The topological polar surface area (TPSA) is 30.9 Å². The van der Waals surface area contributed by atoms with Gasteiger partial charge in [0.1, 0.15) is 0 Å². The molecular weight excluding hydrogens is 266 g/mol. The quantitative estimate of drug-likeness (QED) is 0.781. The molecule has 21 heavy (non-hydrogen) atoms. The summed E-state index contributed by atoms with van der Waals surface area (Å²) in [7, 11) is 7.11. The predicted octanol–water partition coefficient (Wildman–Crippen LogP) is 2.91. The van der Waals surface area contributed by atoms with Crippen molar-refractivity contribution in [3.8, 4) is 17.2 Å². The Morgan fingerprint density at radius 3 is 2.24 bits per heavy atom. The highest BCUT2D eigenvalue weighted by molar-refractivity contribution is 5.54. The Bertz CT molecular complexity index is 500. The van der Waals surface area contributed by atoms with Crippen molar-refractivity contribution in [3.05, 3.63) is 29.3 Å². The Kier molecular flexibility index (Phi) is 5.12. The van der Waals surface area contributed by atoms with Crippen LogP contribution in [0.5, 0.6) is 17.2 Å². The van der Waals surface area contributed by atoms with Gasteiger partial charge in [-0.05, 0) is 44.5 Å². The first kappa shape index (κ1) is 15.7. The van der Waals surface area contributed by atoms with E-state index in [2.05, 4.69) is 24.9 Å². The molecule has 1 aromatic rings. The van der Waals surface area contributed by atoms with Crippen LogP contribution in [0.25, 0.3) is 0 Å². The molecule has 0 saturated carbocycles. The molecule has 1 heterocycles. The summed E-state index contributed by atoms with van der Waals surface area (Å²) >= 11 is 0. The lowest BCUT2D eigenvalue weighted by Crippen LogP contribution is -2.36. The standard InChI is InChI=1S/C17H25NO3/c1-12-6-7-18(2)14(8-12)9-13-10-15(19-3)17(21-5)16(11-13)20-4/h6,10-11,14H,7-9H2,1-5H3. The maximum absolute atomic E-state index is 5.43. The molecule has 4 heteroatoms. The molecule has 0 saturated heterocycles. The van der Waals surface area contributed by atoms with E-state index in [9.17, 15) is 0 Å². The van der Waals surface area contributed by atoms with Crippen LogP contribution in [-0.2, 0) is 6.42 Å². The zero-order chi connectivity index (χ0) is 15.4. The third-order valence-corrected chi connectivity index (χ3v) is 4.10. The van der Waals surface area contributed by atoms with Gasteiger partial charge in [-0.3, -0.25) is 4.90 Å².